The Labute approximate surface area is 149 Å². The molecule has 0 amide bonds. The minimum atomic E-state index is 0.750. The van der Waals surface area contributed by atoms with Crippen LogP contribution >= 0.6 is 0 Å². The number of ether oxygens (including phenoxy) is 1. The van der Waals surface area contributed by atoms with E-state index in [1.807, 2.05) is 60.8 Å². The van der Waals surface area contributed by atoms with Gasteiger partial charge in [-0.1, -0.05) is 42.5 Å². The van der Waals surface area contributed by atoms with Crippen LogP contribution in [0.2, 0.25) is 0 Å². The molecular weight excluding hydrogens is 310 g/mol. The normalized spacial score (nSPS) is 10.5. The van der Waals surface area contributed by atoms with Gasteiger partial charge in [0.1, 0.15) is 11.6 Å². The van der Waals surface area contributed by atoms with Crippen LogP contribution in [0.15, 0.2) is 60.8 Å². The van der Waals surface area contributed by atoms with Gasteiger partial charge in [0.2, 0.25) is 0 Å². The first-order valence-corrected chi connectivity index (χ1v) is 8.58. The molecule has 0 atom stereocenters. The smallest absolute Gasteiger partial charge is 0.161 e. The Morgan fingerprint density at radius 3 is 2.16 bits per heavy atom. The van der Waals surface area contributed by atoms with Crippen LogP contribution in [0, 0.1) is 0 Å². The molecule has 0 aliphatic rings. The molecule has 4 heteroatoms. The highest BCUT2D eigenvalue weighted by Crippen LogP contribution is 2.31. The summed E-state index contributed by atoms with van der Waals surface area (Å²) in [5.41, 5.74) is 3.14. The number of aromatic nitrogens is 2. The lowest BCUT2D eigenvalue weighted by molar-refractivity contribution is 0.415. The Hall–Kier alpha value is -2.88. The van der Waals surface area contributed by atoms with Crippen molar-refractivity contribution in [2.45, 2.75) is 13.8 Å². The first kappa shape index (κ1) is 17.0. The maximum atomic E-state index is 5.26. The summed E-state index contributed by atoms with van der Waals surface area (Å²) in [4.78, 5) is 11.8. The van der Waals surface area contributed by atoms with E-state index in [0.29, 0.717) is 0 Å². The Kier molecular flexibility index (Phi) is 5.29. The molecule has 0 saturated heterocycles. The molecule has 0 bridgehead atoms. The molecule has 128 valence electrons. The predicted octanol–water partition coefficient (Wildman–Crippen LogP) is 4.67. The second-order valence-electron chi connectivity index (χ2n) is 5.70. The standard InChI is InChI=1S/C21H23N3O/c1-4-24(5-2)21-19(16-11-13-18(25-3)14-12-16)15-22-20(23-21)17-9-7-6-8-10-17/h6-15H,4-5H2,1-3H3. The van der Waals surface area contributed by atoms with Gasteiger partial charge in [0, 0.05) is 30.4 Å². The number of methoxy groups -OCH3 is 1. The Bertz CT molecular complexity index is 812. The summed E-state index contributed by atoms with van der Waals surface area (Å²) in [7, 11) is 1.67. The summed E-state index contributed by atoms with van der Waals surface area (Å²) < 4.78 is 5.26. The molecule has 0 saturated carbocycles. The number of nitrogens with zero attached hydrogens (tertiary/aromatic N) is 3. The van der Waals surface area contributed by atoms with Crippen molar-refractivity contribution in [3.05, 3.63) is 60.8 Å². The van der Waals surface area contributed by atoms with Gasteiger partial charge in [0.15, 0.2) is 5.82 Å². The van der Waals surface area contributed by atoms with E-state index in [9.17, 15) is 0 Å². The van der Waals surface area contributed by atoms with E-state index in [0.717, 1.165) is 47.2 Å². The Morgan fingerprint density at radius 2 is 1.56 bits per heavy atom. The average molecular weight is 333 g/mol. The molecule has 3 rings (SSSR count). The van der Waals surface area contributed by atoms with Crippen LogP contribution in [0.4, 0.5) is 5.82 Å². The van der Waals surface area contributed by atoms with Gasteiger partial charge in [-0.2, -0.15) is 0 Å². The highest BCUT2D eigenvalue weighted by molar-refractivity contribution is 5.77. The van der Waals surface area contributed by atoms with Crippen molar-refractivity contribution in [2.75, 3.05) is 25.1 Å². The zero-order valence-electron chi connectivity index (χ0n) is 14.9. The van der Waals surface area contributed by atoms with Gasteiger partial charge in [-0.05, 0) is 31.5 Å². The van der Waals surface area contributed by atoms with E-state index >= 15 is 0 Å². The number of benzene rings is 2. The fourth-order valence-electron chi connectivity index (χ4n) is 2.84. The van der Waals surface area contributed by atoms with E-state index in [1.54, 1.807) is 7.11 Å². The van der Waals surface area contributed by atoms with Gasteiger partial charge in [0.25, 0.3) is 0 Å². The summed E-state index contributed by atoms with van der Waals surface area (Å²) in [6.45, 7) is 6.08. The van der Waals surface area contributed by atoms with Crippen molar-refractivity contribution >= 4 is 5.82 Å². The largest absolute Gasteiger partial charge is 0.497 e. The molecule has 1 heterocycles. The van der Waals surface area contributed by atoms with E-state index in [4.69, 9.17) is 9.72 Å². The average Bonchev–Trinajstić information content (AvgIpc) is 2.70. The fourth-order valence-corrected chi connectivity index (χ4v) is 2.84. The number of anilines is 1. The van der Waals surface area contributed by atoms with Crippen LogP contribution in [0.5, 0.6) is 5.75 Å². The quantitative estimate of drug-likeness (QED) is 0.657. The summed E-state index contributed by atoms with van der Waals surface area (Å²) in [6, 6.07) is 18.1. The first-order valence-electron chi connectivity index (χ1n) is 8.58. The molecule has 0 radical (unpaired) electrons. The lowest BCUT2D eigenvalue weighted by atomic mass is 10.1. The summed E-state index contributed by atoms with van der Waals surface area (Å²) in [5.74, 6) is 2.55. The van der Waals surface area contributed by atoms with Crippen molar-refractivity contribution in [3.63, 3.8) is 0 Å². The summed E-state index contributed by atoms with van der Waals surface area (Å²) in [6.07, 6.45) is 1.92. The van der Waals surface area contributed by atoms with Crippen LogP contribution in [0.1, 0.15) is 13.8 Å². The monoisotopic (exact) mass is 333 g/mol. The van der Waals surface area contributed by atoms with Gasteiger partial charge in [0.05, 0.1) is 7.11 Å². The van der Waals surface area contributed by atoms with Crippen molar-refractivity contribution < 1.29 is 4.74 Å². The molecule has 0 fully saturated rings. The molecule has 0 spiro atoms. The van der Waals surface area contributed by atoms with Crippen molar-refractivity contribution in [1.82, 2.24) is 9.97 Å². The summed E-state index contributed by atoms with van der Waals surface area (Å²) in [5, 5.41) is 0. The van der Waals surface area contributed by atoms with Gasteiger partial charge >= 0.3 is 0 Å². The molecule has 3 aromatic rings. The molecule has 4 nitrogen and oxygen atoms in total. The third kappa shape index (κ3) is 3.63. The highest BCUT2D eigenvalue weighted by atomic mass is 16.5. The molecule has 0 aliphatic heterocycles. The summed E-state index contributed by atoms with van der Waals surface area (Å²) >= 11 is 0. The number of rotatable bonds is 6. The van der Waals surface area contributed by atoms with Crippen LogP contribution in [0.25, 0.3) is 22.5 Å². The maximum Gasteiger partial charge on any atom is 0.161 e. The van der Waals surface area contributed by atoms with Crippen LogP contribution in [-0.4, -0.2) is 30.2 Å². The van der Waals surface area contributed by atoms with Crippen molar-refractivity contribution in [3.8, 4) is 28.3 Å². The van der Waals surface area contributed by atoms with Crippen molar-refractivity contribution in [2.24, 2.45) is 0 Å². The fraction of sp³-hybridized carbons (Fsp3) is 0.238. The SMILES string of the molecule is CCN(CC)c1nc(-c2ccccc2)ncc1-c1ccc(OC)cc1. The molecule has 1 aromatic heterocycles. The zero-order chi connectivity index (χ0) is 17.6. The third-order valence-corrected chi connectivity index (χ3v) is 4.26. The highest BCUT2D eigenvalue weighted by Gasteiger charge is 2.15. The van der Waals surface area contributed by atoms with Gasteiger partial charge in [-0.3, -0.25) is 0 Å². The lowest BCUT2D eigenvalue weighted by Crippen LogP contribution is -2.24. The third-order valence-electron chi connectivity index (χ3n) is 4.26. The van der Waals surface area contributed by atoms with E-state index in [1.165, 1.54) is 0 Å². The Morgan fingerprint density at radius 1 is 0.880 bits per heavy atom. The minimum Gasteiger partial charge on any atom is -0.497 e. The van der Waals surface area contributed by atoms with Gasteiger partial charge < -0.3 is 9.64 Å². The molecule has 0 unspecified atom stereocenters. The number of hydrogen-bond donors (Lipinski definition) is 0. The van der Waals surface area contributed by atoms with Crippen LogP contribution < -0.4 is 9.64 Å². The first-order chi connectivity index (χ1) is 12.3. The van der Waals surface area contributed by atoms with Crippen LogP contribution in [-0.2, 0) is 0 Å². The van der Waals surface area contributed by atoms with Gasteiger partial charge in [-0.15, -0.1) is 0 Å². The topological polar surface area (TPSA) is 38.2 Å². The van der Waals surface area contributed by atoms with E-state index in [-0.39, 0.29) is 0 Å². The molecule has 2 aromatic carbocycles. The minimum absolute atomic E-state index is 0.750. The van der Waals surface area contributed by atoms with E-state index < -0.39 is 0 Å². The molecule has 25 heavy (non-hydrogen) atoms. The maximum absolute atomic E-state index is 5.26. The second-order valence-corrected chi connectivity index (χ2v) is 5.70. The second kappa shape index (κ2) is 7.79. The number of hydrogen-bond acceptors (Lipinski definition) is 4. The molecule has 0 aliphatic carbocycles. The Balaban J connectivity index is 2.10. The van der Waals surface area contributed by atoms with E-state index in [2.05, 4.69) is 23.7 Å². The predicted molar refractivity (Wildman–Crippen MR) is 103 cm³/mol. The van der Waals surface area contributed by atoms with Crippen LogP contribution in [0.3, 0.4) is 0 Å². The van der Waals surface area contributed by atoms with Crippen molar-refractivity contribution in [1.29, 1.82) is 0 Å². The lowest BCUT2D eigenvalue weighted by Gasteiger charge is -2.23. The molecule has 0 N–H and O–H groups in total. The van der Waals surface area contributed by atoms with Gasteiger partial charge in [-0.25, -0.2) is 9.97 Å². The molecular formula is C21H23N3O. The zero-order valence-corrected chi connectivity index (χ0v) is 14.9.